The highest BCUT2D eigenvalue weighted by molar-refractivity contribution is 6.01. The van der Waals surface area contributed by atoms with Crippen molar-refractivity contribution in [3.8, 4) is 0 Å². The fourth-order valence-corrected chi connectivity index (χ4v) is 2.19. The number of hydrogen-bond donors (Lipinski definition) is 1. The summed E-state index contributed by atoms with van der Waals surface area (Å²) in [5.74, 6) is 1.10. The molecule has 16 heavy (non-hydrogen) atoms. The monoisotopic (exact) mass is 222 g/mol. The lowest BCUT2D eigenvalue weighted by Crippen LogP contribution is -2.39. The molecule has 1 aromatic rings. The summed E-state index contributed by atoms with van der Waals surface area (Å²) in [5, 5.41) is 7.36. The van der Waals surface area contributed by atoms with E-state index in [0.29, 0.717) is 6.54 Å². The smallest absolute Gasteiger partial charge is 0.244 e. The van der Waals surface area contributed by atoms with Gasteiger partial charge in [-0.1, -0.05) is 13.8 Å². The summed E-state index contributed by atoms with van der Waals surface area (Å²) < 4.78 is 1.86. The summed E-state index contributed by atoms with van der Waals surface area (Å²) in [7, 11) is 1.93. The van der Waals surface area contributed by atoms with Crippen LogP contribution in [0.2, 0.25) is 0 Å². The van der Waals surface area contributed by atoms with Gasteiger partial charge in [0.1, 0.15) is 5.69 Å². The molecule has 0 aliphatic carbocycles. The second-order valence-corrected chi connectivity index (χ2v) is 4.09. The quantitative estimate of drug-likeness (QED) is 0.834. The van der Waals surface area contributed by atoms with Crippen LogP contribution >= 0.6 is 0 Å². The molecule has 0 spiro atoms. The Hall–Kier alpha value is -1.52. The van der Waals surface area contributed by atoms with E-state index >= 15 is 0 Å². The Bertz CT molecular complexity index is 410. The predicted octanol–water partition coefficient (Wildman–Crippen LogP) is 1.15. The molecule has 1 aliphatic heterocycles. The van der Waals surface area contributed by atoms with E-state index < -0.39 is 0 Å². The fourth-order valence-electron chi connectivity index (χ4n) is 2.19. The lowest BCUT2D eigenvalue weighted by atomic mass is 10.2. The zero-order chi connectivity index (χ0) is 11.7. The van der Waals surface area contributed by atoms with Gasteiger partial charge in [-0.3, -0.25) is 9.48 Å². The van der Waals surface area contributed by atoms with Crippen LogP contribution in [0, 0.1) is 0 Å². The molecule has 0 fully saturated rings. The third-order valence-electron chi connectivity index (χ3n) is 2.82. The highest BCUT2D eigenvalue weighted by Gasteiger charge is 2.27. The topological polar surface area (TPSA) is 50.2 Å². The van der Waals surface area contributed by atoms with Gasteiger partial charge in [-0.15, -0.1) is 0 Å². The van der Waals surface area contributed by atoms with E-state index in [-0.39, 0.29) is 5.91 Å². The number of aromatic nitrogens is 2. The number of amides is 1. The zero-order valence-electron chi connectivity index (χ0n) is 10.1. The van der Waals surface area contributed by atoms with Crippen molar-refractivity contribution in [3.05, 3.63) is 5.69 Å². The van der Waals surface area contributed by atoms with Crippen molar-refractivity contribution in [3.63, 3.8) is 0 Å². The minimum Gasteiger partial charge on any atom is -0.346 e. The van der Waals surface area contributed by atoms with Crippen molar-refractivity contribution >= 4 is 17.4 Å². The van der Waals surface area contributed by atoms with Crippen molar-refractivity contribution < 1.29 is 4.79 Å². The first-order valence-corrected chi connectivity index (χ1v) is 5.78. The number of carbonyl (C=O) groups excluding carboxylic acids is 1. The van der Waals surface area contributed by atoms with Crippen LogP contribution in [0.15, 0.2) is 0 Å². The van der Waals surface area contributed by atoms with Crippen LogP contribution in [-0.2, 0) is 18.3 Å². The molecule has 2 heterocycles. The Balaban J connectivity index is 2.44. The van der Waals surface area contributed by atoms with Gasteiger partial charge in [0, 0.05) is 13.6 Å². The number of nitrogens with one attached hydrogen (secondary N) is 1. The van der Waals surface area contributed by atoms with Gasteiger partial charge >= 0.3 is 0 Å². The third kappa shape index (κ3) is 1.66. The molecule has 0 saturated carbocycles. The molecule has 0 aromatic carbocycles. The van der Waals surface area contributed by atoms with Crippen molar-refractivity contribution in [2.24, 2.45) is 7.05 Å². The highest BCUT2D eigenvalue weighted by Crippen LogP contribution is 2.32. The maximum Gasteiger partial charge on any atom is 0.244 e. The van der Waals surface area contributed by atoms with Crippen LogP contribution in [0.5, 0.6) is 0 Å². The SMILES string of the molecule is CCCN1CC(=O)Nc2c(CC)nn(C)c21. The number of fused-ring (bicyclic) bond motifs is 1. The van der Waals surface area contributed by atoms with E-state index in [9.17, 15) is 4.79 Å². The average Bonchev–Trinajstić information content (AvgIpc) is 2.55. The van der Waals surface area contributed by atoms with Crippen molar-refractivity contribution in [1.82, 2.24) is 9.78 Å². The van der Waals surface area contributed by atoms with Crippen LogP contribution < -0.4 is 10.2 Å². The Morgan fingerprint density at radius 1 is 1.44 bits per heavy atom. The second kappa shape index (κ2) is 4.15. The van der Waals surface area contributed by atoms with Gasteiger partial charge in [0.2, 0.25) is 5.91 Å². The van der Waals surface area contributed by atoms with Crippen LogP contribution in [0.1, 0.15) is 26.0 Å². The van der Waals surface area contributed by atoms with Crippen molar-refractivity contribution in [2.75, 3.05) is 23.3 Å². The molecule has 1 amide bonds. The van der Waals surface area contributed by atoms with Gasteiger partial charge in [0.05, 0.1) is 12.2 Å². The molecule has 1 N–H and O–H groups in total. The Kier molecular flexibility index (Phi) is 2.85. The lowest BCUT2D eigenvalue weighted by molar-refractivity contribution is -0.115. The van der Waals surface area contributed by atoms with E-state index in [2.05, 4.69) is 22.2 Å². The first-order valence-electron chi connectivity index (χ1n) is 5.78. The summed E-state index contributed by atoms with van der Waals surface area (Å²) >= 11 is 0. The highest BCUT2D eigenvalue weighted by atomic mass is 16.2. The molecule has 0 radical (unpaired) electrons. The normalized spacial score (nSPS) is 14.9. The standard InChI is InChI=1S/C11H18N4O/c1-4-6-15-7-9(16)12-10-8(5-2)13-14(3)11(10)15/h4-7H2,1-3H3,(H,12,16). The molecule has 0 unspecified atom stereocenters. The second-order valence-electron chi connectivity index (χ2n) is 4.09. The number of rotatable bonds is 3. The minimum atomic E-state index is 0.0589. The van der Waals surface area contributed by atoms with Gasteiger partial charge in [-0.2, -0.15) is 5.10 Å². The number of hydrogen-bond acceptors (Lipinski definition) is 3. The summed E-state index contributed by atoms with van der Waals surface area (Å²) in [6.45, 7) is 5.49. The molecule has 88 valence electrons. The van der Waals surface area contributed by atoms with E-state index in [4.69, 9.17) is 0 Å². The summed E-state index contributed by atoms with van der Waals surface area (Å²) in [5.41, 5.74) is 1.86. The van der Waals surface area contributed by atoms with E-state index in [1.165, 1.54) is 0 Å². The maximum absolute atomic E-state index is 11.6. The largest absolute Gasteiger partial charge is 0.346 e. The van der Waals surface area contributed by atoms with Gasteiger partial charge in [0.25, 0.3) is 0 Å². The summed E-state index contributed by atoms with van der Waals surface area (Å²) in [4.78, 5) is 13.7. The molecular weight excluding hydrogens is 204 g/mol. The summed E-state index contributed by atoms with van der Waals surface area (Å²) in [6.07, 6.45) is 1.86. The molecule has 2 rings (SSSR count). The molecule has 5 nitrogen and oxygen atoms in total. The van der Waals surface area contributed by atoms with E-state index in [0.717, 1.165) is 36.6 Å². The van der Waals surface area contributed by atoms with Gasteiger partial charge in [0.15, 0.2) is 5.82 Å². The lowest BCUT2D eigenvalue weighted by Gasteiger charge is -2.28. The van der Waals surface area contributed by atoms with Gasteiger partial charge in [-0.25, -0.2) is 0 Å². The van der Waals surface area contributed by atoms with Crippen LogP contribution in [0.25, 0.3) is 0 Å². The first-order chi connectivity index (χ1) is 7.67. The fraction of sp³-hybridized carbons (Fsp3) is 0.636. The van der Waals surface area contributed by atoms with Crippen molar-refractivity contribution in [2.45, 2.75) is 26.7 Å². The van der Waals surface area contributed by atoms with Gasteiger partial charge in [-0.05, 0) is 12.8 Å². The number of aryl methyl sites for hydroxylation is 2. The first kappa shape index (κ1) is 11.0. The van der Waals surface area contributed by atoms with E-state index in [1.54, 1.807) is 0 Å². The molecule has 1 aliphatic rings. The third-order valence-corrected chi connectivity index (χ3v) is 2.82. The van der Waals surface area contributed by atoms with E-state index in [1.807, 2.05) is 18.7 Å². The van der Waals surface area contributed by atoms with Crippen LogP contribution in [-0.4, -0.2) is 28.8 Å². The molecule has 0 saturated heterocycles. The summed E-state index contributed by atoms with van der Waals surface area (Å²) in [6, 6.07) is 0. The predicted molar refractivity (Wildman–Crippen MR) is 63.7 cm³/mol. The maximum atomic E-state index is 11.6. The number of anilines is 2. The molecular formula is C11H18N4O. The van der Waals surface area contributed by atoms with Crippen molar-refractivity contribution in [1.29, 1.82) is 0 Å². The molecule has 1 aromatic heterocycles. The minimum absolute atomic E-state index is 0.0589. The average molecular weight is 222 g/mol. The molecule has 5 heteroatoms. The van der Waals surface area contributed by atoms with Crippen LogP contribution in [0.4, 0.5) is 11.5 Å². The number of nitrogens with zero attached hydrogens (tertiary/aromatic N) is 3. The van der Waals surface area contributed by atoms with Gasteiger partial charge < -0.3 is 10.2 Å². The molecule has 0 atom stereocenters. The zero-order valence-corrected chi connectivity index (χ0v) is 10.1. The van der Waals surface area contributed by atoms with Crippen LogP contribution in [0.3, 0.4) is 0 Å². The molecule has 0 bridgehead atoms. The Labute approximate surface area is 95.4 Å². The Morgan fingerprint density at radius 3 is 2.81 bits per heavy atom. The Morgan fingerprint density at radius 2 is 2.19 bits per heavy atom. The number of carbonyl (C=O) groups is 1.